The van der Waals surface area contributed by atoms with Gasteiger partial charge in [-0.2, -0.15) is 0 Å². The molecule has 0 bridgehead atoms. The van der Waals surface area contributed by atoms with Gasteiger partial charge in [-0.25, -0.2) is 0 Å². The Morgan fingerprint density at radius 1 is 1.29 bits per heavy atom. The molecule has 2 aliphatic heterocycles. The Morgan fingerprint density at radius 3 is 2.66 bits per heavy atom. The Balaban J connectivity index is 1.68. The first-order valence-corrected chi connectivity index (χ1v) is 12.4. The van der Waals surface area contributed by atoms with Gasteiger partial charge in [-0.1, -0.05) is 31.5 Å². The monoisotopic (exact) mass is 511 g/mol. The number of hydrogen-bond donors (Lipinski definition) is 2. The molecule has 3 amide bonds. The average molecular weight is 512 g/mol. The number of nitrogens with one attached hydrogen (secondary N) is 2. The van der Waals surface area contributed by atoms with Crippen molar-refractivity contribution < 1.29 is 33.4 Å². The summed E-state index contributed by atoms with van der Waals surface area (Å²) >= 11 is 6.31. The fourth-order valence-corrected chi connectivity index (χ4v) is 4.77. The van der Waals surface area contributed by atoms with Crippen LogP contribution >= 0.6 is 11.6 Å². The largest absolute Gasteiger partial charge is 0.433 e. The highest BCUT2D eigenvalue weighted by Gasteiger charge is 2.42. The van der Waals surface area contributed by atoms with Crippen LogP contribution in [0.15, 0.2) is 22.8 Å². The van der Waals surface area contributed by atoms with Crippen molar-refractivity contribution in [1.82, 2.24) is 15.5 Å². The van der Waals surface area contributed by atoms with Crippen LogP contribution in [0.4, 0.5) is 0 Å². The van der Waals surface area contributed by atoms with Crippen molar-refractivity contribution in [3.05, 3.63) is 22.8 Å². The normalized spacial score (nSPS) is 27.3. The minimum atomic E-state index is -0.844. The molecule has 0 radical (unpaired) electrons. The van der Waals surface area contributed by atoms with E-state index in [4.69, 9.17) is 25.8 Å². The summed E-state index contributed by atoms with van der Waals surface area (Å²) in [6.07, 6.45) is 3.82. The molecule has 1 aliphatic carbocycles. The summed E-state index contributed by atoms with van der Waals surface area (Å²) in [5.74, 6) is -1.83. The molecule has 3 aliphatic rings. The van der Waals surface area contributed by atoms with Crippen LogP contribution in [0.3, 0.4) is 0 Å². The van der Waals surface area contributed by atoms with Gasteiger partial charge in [0.05, 0.1) is 18.1 Å². The van der Waals surface area contributed by atoms with Gasteiger partial charge in [0.1, 0.15) is 18.1 Å². The summed E-state index contributed by atoms with van der Waals surface area (Å²) in [6, 6.07) is -2.16. The first kappa shape index (κ1) is 27.2. The molecule has 2 heterocycles. The molecular weight excluding hydrogens is 478 g/mol. The second-order valence-electron chi connectivity index (χ2n) is 9.17. The third-order valence-electron chi connectivity index (χ3n) is 6.38. The van der Waals surface area contributed by atoms with Gasteiger partial charge in [-0.3, -0.25) is 19.2 Å². The topological polar surface area (TPSA) is 123 Å². The Kier molecular flexibility index (Phi) is 9.32. The average Bonchev–Trinajstić information content (AvgIpc) is 3.43. The van der Waals surface area contributed by atoms with Gasteiger partial charge in [0, 0.05) is 31.7 Å². The quantitative estimate of drug-likeness (QED) is 0.448. The van der Waals surface area contributed by atoms with Gasteiger partial charge >= 0.3 is 5.97 Å². The maximum atomic E-state index is 13.5. The second-order valence-corrected chi connectivity index (χ2v) is 9.63. The van der Waals surface area contributed by atoms with Crippen LogP contribution in [0, 0.1) is 5.92 Å². The number of ether oxygens (including phenoxy) is 3. The molecule has 35 heavy (non-hydrogen) atoms. The predicted octanol–water partition coefficient (Wildman–Crippen LogP) is 1.38. The molecule has 0 spiro atoms. The molecule has 1 unspecified atom stereocenters. The van der Waals surface area contributed by atoms with Crippen molar-refractivity contribution in [3.63, 3.8) is 0 Å². The van der Waals surface area contributed by atoms with E-state index in [2.05, 4.69) is 10.6 Å². The third kappa shape index (κ3) is 6.42. The zero-order valence-electron chi connectivity index (χ0n) is 20.5. The van der Waals surface area contributed by atoms with Gasteiger partial charge in [0.15, 0.2) is 0 Å². The lowest BCUT2D eigenvalue weighted by molar-refractivity contribution is -0.164. The van der Waals surface area contributed by atoms with E-state index < -0.39 is 36.3 Å². The Bertz CT molecular complexity index is 904. The molecule has 0 aromatic rings. The van der Waals surface area contributed by atoms with E-state index in [1.807, 2.05) is 13.8 Å². The lowest BCUT2D eigenvalue weighted by atomic mass is 9.99. The Hall–Kier alpha value is -2.43. The van der Waals surface area contributed by atoms with Crippen LogP contribution in [0.25, 0.3) is 0 Å². The summed E-state index contributed by atoms with van der Waals surface area (Å²) in [6.45, 7) is 6.15. The van der Waals surface area contributed by atoms with E-state index in [0.29, 0.717) is 43.0 Å². The molecule has 0 saturated carbocycles. The number of carbonyl (C=O) groups excluding carboxylic acids is 4. The Labute approximate surface area is 210 Å². The molecule has 2 N–H and O–H groups in total. The molecule has 11 heteroatoms. The molecule has 0 aromatic carbocycles. The van der Waals surface area contributed by atoms with E-state index in [1.54, 1.807) is 26.2 Å². The first-order chi connectivity index (χ1) is 16.7. The maximum Gasteiger partial charge on any atom is 0.310 e. The zero-order valence-corrected chi connectivity index (χ0v) is 21.3. The number of esters is 1. The number of nitrogens with zero attached hydrogens (tertiary/aromatic N) is 1. The molecule has 2 saturated heterocycles. The van der Waals surface area contributed by atoms with Gasteiger partial charge in [-0.15, -0.1) is 0 Å². The maximum absolute atomic E-state index is 13.5. The third-order valence-corrected chi connectivity index (χ3v) is 6.73. The molecule has 2 fully saturated rings. The lowest BCUT2D eigenvalue weighted by Gasteiger charge is -2.31. The molecule has 10 nitrogen and oxygen atoms in total. The van der Waals surface area contributed by atoms with Crippen molar-refractivity contribution in [1.29, 1.82) is 0 Å². The number of cyclic esters (lactones) is 1. The van der Waals surface area contributed by atoms with Crippen molar-refractivity contribution in [2.75, 3.05) is 20.3 Å². The molecular formula is C24H34ClN3O7. The van der Waals surface area contributed by atoms with Crippen molar-refractivity contribution in [2.24, 2.45) is 5.92 Å². The predicted molar refractivity (Wildman–Crippen MR) is 127 cm³/mol. The van der Waals surface area contributed by atoms with Crippen LogP contribution in [-0.4, -0.2) is 79.4 Å². The summed E-state index contributed by atoms with van der Waals surface area (Å²) in [5, 5.41) is 5.98. The van der Waals surface area contributed by atoms with Gasteiger partial charge in [0.2, 0.25) is 18.1 Å². The smallest absolute Gasteiger partial charge is 0.310 e. The van der Waals surface area contributed by atoms with Crippen LogP contribution in [-0.2, 0) is 33.4 Å². The molecule has 5 atom stereocenters. The summed E-state index contributed by atoms with van der Waals surface area (Å²) < 4.78 is 15.8. The Morgan fingerprint density at radius 2 is 2.03 bits per heavy atom. The number of carbonyl (C=O) groups is 4. The van der Waals surface area contributed by atoms with Crippen LogP contribution in [0.1, 0.15) is 46.5 Å². The SMILES string of the molecule is CCO[C@@H]1OC(=O)C[C@@H]1NC(=O)[C@@H]1CCCN1C(=O)[C@@H](NC(=O)C1=C(Cl)CC(OC)C=C1)C(C)C. The highest BCUT2D eigenvalue weighted by molar-refractivity contribution is 6.32. The van der Waals surface area contributed by atoms with Crippen molar-refractivity contribution >= 4 is 35.3 Å². The minimum absolute atomic E-state index is 0.00899. The van der Waals surface area contributed by atoms with Gasteiger partial charge in [-0.05, 0) is 31.8 Å². The van der Waals surface area contributed by atoms with E-state index in [-0.39, 0.29) is 30.3 Å². The van der Waals surface area contributed by atoms with Crippen LogP contribution in [0.5, 0.6) is 0 Å². The highest BCUT2D eigenvalue weighted by Crippen LogP contribution is 2.26. The molecule has 194 valence electrons. The zero-order chi connectivity index (χ0) is 25.7. The molecule has 3 rings (SSSR count). The number of hydrogen-bond acceptors (Lipinski definition) is 7. The lowest BCUT2D eigenvalue weighted by Crippen LogP contribution is -2.56. The minimum Gasteiger partial charge on any atom is -0.433 e. The fourth-order valence-electron chi connectivity index (χ4n) is 4.47. The van der Waals surface area contributed by atoms with Crippen LogP contribution in [0.2, 0.25) is 0 Å². The van der Waals surface area contributed by atoms with Crippen molar-refractivity contribution in [2.45, 2.75) is 77.0 Å². The summed E-state index contributed by atoms with van der Waals surface area (Å²) in [5.41, 5.74) is 0.294. The first-order valence-electron chi connectivity index (χ1n) is 12.0. The number of likely N-dealkylation sites (tertiary alicyclic amines) is 1. The van der Waals surface area contributed by atoms with Crippen molar-refractivity contribution in [3.8, 4) is 0 Å². The molecule has 0 aromatic heterocycles. The van der Waals surface area contributed by atoms with E-state index in [0.717, 1.165) is 0 Å². The van der Waals surface area contributed by atoms with Gasteiger partial charge < -0.3 is 29.7 Å². The number of amides is 3. The summed E-state index contributed by atoms with van der Waals surface area (Å²) in [4.78, 5) is 52.7. The number of rotatable bonds is 9. The van der Waals surface area contributed by atoms with E-state index in [1.165, 1.54) is 4.90 Å². The highest BCUT2D eigenvalue weighted by atomic mass is 35.5. The fraction of sp³-hybridized carbons (Fsp3) is 0.667. The van der Waals surface area contributed by atoms with Gasteiger partial charge in [0.25, 0.3) is 5.91 Å². The van der Waals surface area contributed by atoms with E-state index >= 15 is 0 Å². The number of halogens is 1. The summed E-state index contributed by atoms with van der Waals surface area (Å²) in [7, 11) is 1.56. The van der Waals surface area contributed by atoms with Crippen LogP contribution < -0.4 is 10.6 Å². The number of methoxy groups -OCH3 is 1. The van der Waals surface area contributed by atoms with E-state index in [9.17, 15) is 19.2 Å². The second kappa shape index (κ2) is 12.0. The standard InChI is InChI=1S/C24H34ClN3O7/c1-5-34-24-17(12-19(29)35-24)26-22(31)18-7-6-10-28(18)23(32)20(13(2)3)27-21(30)15-9-8-14(33-4)11-16(15)25/h8-9,13-14,17-18,20,24H,5-7,10-12H2,1-4H3,(H,26,31)(H,27,30)/t14?,17-,18-,20-,24+/m0/s1.